The number of para-hydroxylation sites is 1. The van der Waals surface area contributed by atoms with Gasteiger partial charge in [-0.15, -0.1) is 0 Å². The SMILES string of the molecule is COc1ccccc1CCN(C)C(=O)NC(C)c1ccc(OCC(F)(F)F)cc1. The third kappa shape index (κ3) is 7.21. The van der Waals surface area contributed by atoms with Gasteiger partial charge in [0, 0.05) is 13.6 Å². The highest BCUT2D eigenvalue weighted by Crippen LogP contribution is 2.21. The van der Waals surface area contributed by atoms with E-state index in [9.17, 15) is 18.0 Å². The predicted molar refractivity (Wildman–Crippen MR) is 104 cm³/mol. The van der Waals surface area contributed by atoms with Crippen molar-refractivity contribution in [3.63, 3.8) is 0 Å². The van der Waals surface area contributed by atoms with Gasteiger partial charge in [-0.1, -0.05) is 30.3 Å². The van der Waals surface area contributed by atoms with Gasteiger partial charge in [0.1, 0.15) is 11.5 Å². The molecule has 2 rings (SSSR count). The summed E-state index contributed by atoms with van der Waals surface area (Å²) < 4.78 is 46.6. The zero-order valence-corrected chi connectivity index (χ0v) is 16.6. The van der Waals surface area contributed by atoms with E-state index in [0.29, 0.717) is 13.0 Å². The molecule has 1 atom stereocenters. The molecule has 0 saturated carbocycles. The van der Waals surface area contributed by atoms with Gasteiger partial charge in [0.25, 0.3) is 0 Å². The molecule has 29 heavy (non-hydrogen) atoms. The number of nitrogens with zero attached hydrogens (tertiary/aromatic N) is 1. The molecule has 2 amide bonds. The number of alkyl halides is 3. The van der Waals surface area contributed by atoms with Crippen LogP contribution in [0.25, 0.3) is 0 Å². The number of methoxy groups -OCH3 is 1. The van der Waals surface area contributed by atoms with Crippen LogP contribution in [0.15, 0.2) is 48.5 Å². The van der Waals surface area contributed by atoms with E-state index in [0.717, 1.165) is 16.9 Å². The van der Waals surface area contributed by atoms with Crippen molar-refractivity contribution in [3.05, 3.63) is 59.7 Å². The Morgan fingerprint density at radius 3 is 2.41 bits per heavy atom. The molecular formula is C21H25F3N2O3. The first-order chi connectivity index (χ1) is 13.7. The largest absolute Gasteiger partial charge is 0.496 e. The minimum absolute atomic E-state index is 0.124. The number of ether oxygens (including phenoxy) is 2. The van der Waals surface area contributed by atoms with E-state index >= 15 is 0 Å². The molecule has 0 fully saturated rings. The number of hydrogen-bond donors (Lipinski definition) is 1. The summed E-state index contributed by atoms with van der Waals surface area (Å²) in [6.07, 6.45) is -3.73. The van der Waals surface area contributed by atoms with Crippen LogP contribution < -0.4 is 14.8 Å². The number of benzene rings is 2. The van der Waals surface area contributed by atoms with Gasteiger partial charge in [0.2, 0.25) is 0 Å². The Balaban J connectivity index is 1.85. The number of hydrogen-bond acceptors (Lipinski definition) is 3. The van der Waals surface area contributed by atoms with Crippen molar-refractivity contribution in [1.82, 2.24) is 10.2 Å². The number of rotatable bonds is 8. The Bertz CT molecular complexity index is 795. The van der Waals surface area contributed by atoms with E-state index in [1.165, 1.54) is 12.1 Å². The molecule has 0 aliphatic heterocycles. The van der Waals surface area contributed by atoms with Crippen LogP contribution in [0.5, 0.6) is 11.5 Å². The number of likely N-dealkylation sites (N-methyl/N-ethyl adjacent to an activating group) is 1. The van der Waals surface area contributed by atoms with Gasteiger partial charge >= 0.3 is 12.2 Å². The first-order valence-corrected chi connectivity index (χ1v) is 9.12. The number of halogens is 3. The molecule has 0 aliphatic carbocycles. The molecule has 0 heterocycles. The van der Waals surface area contributed by atoms with E-state index in [1.807, 2.05) is 24.3 Å². The van der Waals surface area contributed by atoms with Crippen LogP contribution in [0.4, 0.5) is 18.0 Å². The van der Waals surface area contributed by atoms with Gasteiger partial charge in [-0.2, -0.15) is 13.2 Å². The number of urea groups is 1. The fraction of sp³-hybridized carbons (Fsp3) is 0.381. The summed E-state index contributed by atoms with van der Waals surface area (Å²) in [6, 6.07) is 13.2. The molecule has 1 N–H and O–H groups in total. The van der Waals surface area contributed by atoms with Crippen LogP contribution in [-0.2, 0) is 6.42 Å². The monoisotopic (exact) mass is 410 g/mol. The second-order valence-corrected chi connectivity index (χ2v) is 6.63. The smallest absolute Gasteiger partial charge is 0.422 e. The van der Waals surface area contributed by atoms with Crippen LogP contribution in [0, 0.1) is 0 Å². The quantitative estimate of drug-likeness (QED) is 0.693. The zero-order chi connectivity index (χ0) is 21.4. The van der Waals surface area contributed by atoms with Crippen LogP contribution >= 0.6 is 0 Å². The lowest BCUT2D eigenvalue weighted by atomic mass is 10.1. The molecule has 2 aromatic carbocycles. The number of nitrogens with one attached hydrogen (secondary N) is 1. The van der Waals surface area contributed by atoms with Crippen molar-refractivity contribution >= 4 is 6.03 Å². The molecule has 0 bridgehead atoms. The molecule has 0 spiro atoms. The van der Waals surface area contributed by atoms with E-state index in [-0.39, 0.29) is 17.8 Å². The first kappa shape index (κ1) is 22.4. The Hall–Kier alpha value is -2.90. The topological polar surface area (TPSA) is 50.8 Å². The lowest BCUT2D eigenvalue weighted by Gasteiger charge is -2.22. The fourth-order valence-corrected chi connectivity index (χ4v) is 2.70. The number of amides is 2. The molecule has 1 unspecified atom stereocenters. The first-order valence-electron chi connectivity index (χ1n) is 9.12. The summed E-state index contributed by atoms with van der Waals surface area (Å²) in [5, 5.41) is 2.87. The Labute approximate surface area is 168 Å². The minimum Gasteiger partial charge on any atom is -0.496 e. The normalized spacial score (nSPS) is 12.2. The number of carbonyl (C=O) groups excluding carboxylic acids is 1. The Morgan fingerprint density at radius 2 is 1.79 bits per heavy atom. The summed E-state index contributed by atoms with van der Waals surface area (Å²) >= 11 is 0. The summed E-state index contributed by atoms with van der Waals surface area (Å²) in [6.45, 7) is 0.969. The predicted octanol–water partition coefficient (Wildman–Crippen LogP) is 4.58. The third-order valence-corrected chi connectivity index (χ3v) is 4.38. The average molecular weight is 410 g/mol. The highest BCUT2D eigenvalue weighted by molar-refractivity contribution is 5.74. The lowest BCUT2D eigenvalue weighted by molar-refractivity contribution is -0.153. The van der Waals surface area contributed by atoms with E-state index in [2.05, 4.69) is 10.1 Å². The second kappa shape index (κ2) is 10.0. The second-order valence-electron chi connectivity index (χ2n) is 6.63. The highest BCUT2D eigenvalue weighted by atomic mass is 19.4. The van der Waals surface area contributed by atoms with Crippen molar-refractivity contribution in [2.45, 2.75) is 25.6 Å². The summed E-state index contributed by atoms with van der Waals surface area (Å²) in [7, 11) is 3.31. The minimum atomic E-state index is -4.38. The van der Waals surface area contributed by atoms with Gasteiger partial charge < -0.3 is 19.7 Å². The third-order valence-electron chi connectivity index (χ3n) is 4.38. The Kier molecular flexibility index (Phi) is 7.75. The number of carbonyl (C=O) groups is 1. The molecule has 0 aliphatic rings. The average Bonchev–Trinajstić information content (AvgIpc) is 2.70. The van der Waals surface area contributed by atoms with Gasteiger partial charge in [-0.25, -0.2) is 4.79 Å². The fourth-order valence-electron chi connectivity index (χ4n) is 2.70. The maximum atomic E-state index is 12.4. The molecule has 5 nitrogen and oxygen atoms in total. The molecule has 0 radical (unpaired) electrons. The van der Waals surface area contributed by atoms with E-state index in [4.69, 9.17) is 4.74 Å². The van der Waals surface area contributed by atoms with Gasteiger partial charge in [-0.3, -0.25) is 0 Å². The van der Waals surface area contributed by atoms with Gasteiger partial charge in [-0.05, 0) is 42.7 Å². The standard InChI is InChI=1S/C21H25F3N2O3/c1-15(16-8-10-18(11-9-16)29-14-21(22,23)24)25-20(27)26(2)13-12-17-6-4-5-7-19(17)28-3/h4-11,15H,12-14H2,1-3H3,(H,25,27). The van der Waals surface area contributed by atoms with Crippen LogP contribution in [0.1, 0.15) is 24.1 Å². The van der Waals surface area contributed by atoms with Crippen LogP contribution in [-0.4, -0.2) is 44.4 Å². The summed E-state index contributed by atoms with van der Waals surface area (Å²) in [5.41, 5.74) is 1.77. The lowest BCUT2D eigenvalue weighted by Crippen LogP contribution is -2.39. The maximum Gasteiger partial charge on any atom is 0.422 e. The van der Waals surface area contributed by atoms with Crippen LogP contribution in [0.3, 0.4) is 0 Å². The van der Waals surface area contributed by atoms with Crippen molar-refractivity contribution in [1.29, 1.82) is 0 Å². The van der Waals surface area contributed by atoms with Crippen LogP contribution in [0.2, 0.25) is 0 Å². The van der Waals surface area contributed by atoms with Crippen molar-refractivity contribution in [2.24, 2.45) is 0 Å². The van der Waals surface area contributed by atoms with E-state index in [1.54, 1.807) is 38.1 Å². The summed E-state index contributed by atoms with van der Waals surface area (Å²) in [4.78, 5) is 14.0. The molecule has 0 aromatic heterocycles. The van der Waals surface area contributed by atoms with E-state index < -0.39 is 12.8 Å². The molecule has 158 valence electrons. The molecular weight excluding hydrogens is 385 g/mol. The Morgan fingerprint density at radius 1 is 1.14 bits per heavy atom. The maximum absolute atomic E-state index is 12.4. The molecule has 2 aromatic rings. The molecule has 8 heteroatoms. The van der Waals surface area contributed by atoms with Gasteiger partial charge in [0.15, 0.2) is 6.61 Å². The summed E-state index contributed by atoms with van der Waals surface area (Å²) in [5.74, 6) is 0.904. The van der Waals surface area contributed by atoms with Crippen molar-refractivity contribution < 1.29 is 27.4 Å². The highest BCUT2D eigenvalue weighted by Gasteiger charge is 2.28. The zero-order valence-electron chi connectivity index (χ0n) is 16.6. The van der Waals surface area contributed by atoms with Crippen molar-refractivity contribution in [3.8, 4) is 11.5 Å². The van der Waals surface area contributed by atoms with Gasteiger partial charge in [0.05, 0.1) is 13.2 Å². The van der Waals surface area contributed by atoms with Crippen molar-refractivity contribution in [2.75, 3.05) is 27.3 Å². The molecule has 0 saturated heterocycles.